The third-order valence-corrected chi connectivity index (χ3v) is 3.47. The summed E-state index contributed by atoms with van der Waals surface area (Å²) >= 11 is 0. The molecule has 0 aromatic carbocycles. The number of aryl methyl sites for hydroxylation is 1. The Bertz CT molecular complexity index is 486. The number of anilines is 1. The molecule has 3 N–H and O–H groups in total. The first-order chi connectivity index (χ1) is 9.54. The second kappa shape index (κ2) is 6.51. The molecule has 2 unspecified atom stereocenters. The van der Waals surface area contributed by atoms with Crippen LogP contribution in [0.3, 0.4) is 0 Å². The van der Waals surface area contributed by atoms with Crippen LogP contribution in [0.2, 0.25) is 0 Å². The molecule has 7 heteroatoms. The van der Waals surface area contributed by atoms with Crippen molar-refractivity contribution in [2.24, 2.45) is 5.92 Å². The summed E-state index contributed by atoms with van der Waals surface area (Å²) in [5.41, 5.74) is 0.699. The maximum atomic E-state index is 11.7. The number of nitrogens with one attached hydrogen (secondary N) is 2. The highest BCUT2D eigenvalue weighted by Crippen LogP contribution is 2.24. The molecule has 0 spiro atoms. The smallest absolute Gasteiger partial charge is 0.306 e. The van der Waals surface area contributed by atoms with Gasteiger partial charge in [0.15, 0.2) is 0 Å². The predicted octanol–water partition coefficient (Wildman–Crippen LogP) is 1.15. The number of hydrogen-bond acceptors (Lipinski definition) is 5. The third-order valence-electron chi connectivity index (χ3n) is 3.47. The molecule has 1 amide bonds. The number of hydrogen-bond donors (Lipinski definition) is 3. The fourth-order valence-corrected chi connectivity index (χ4v) is 2.44. The lowest BCUT2D eigenvalue weighted by molar-refractivity contribution is -0.143. The minimum atomic E-state index is -0.752. The SMILES string of the molecule is Cc1cc(NC(=O)CNC2CCCC(C(=O)O)C2)on1. The van der Waals surface area contributed by atoms with Gasteiger partial charge in [-0.1, -0.05) is 11.6 Å². The van der Waals surface area contributed by atoms with Crippen LogP contribution in [0.25, 0.3) is 0 Å². The highest BCUT2D eigenvalue weighted by molar-refractivity contribution is 5.90. The van der Waals surface area contributed by atoms with Crippen LogP contribution in [-0.2, 0) is 9.59 Å². The lowest BCUT2D eigenvalue weighted by Crippen LogP contribution is -2.40. The van der Waals surface area contributed by atoms with Crippen molar-refractivity contribution in [2.75, 3.05) is 11.9 Å². The Balaban J connectivity index is 1.74. The van der Waals surface area contributed by atoms with E-state index in [9.17, 15) is 9.59 Å². The van der Waals surface area contributed by atoms with Crippen molar-refractivity contribution in [2.45, 2.75) is 38.6 Å². The highest BCUT2D eigenvalue weighted by atomic mass is 16.5. The molecule has 1 aliphatic rings. The second-order valence-electron chi connectivity index (χ2n) is 5.16. The van der Waals surface area contributed by atoms with Gasteiger partial charge >= 0.3 is 5.97 Å². The number of carbonyl (C=O) groups is 2. The van der Waals surface area contributed by atoms with Crippen molar-refractivity contribution in [1.82, 2.24) is 10.5 Å². The van der Waals surface area contributed by atoms with Crippen molar-refractivity contribution < 1.29 is 19.2 Å². The van der Waals surface area contributed by atoms with E-state index in [0.717, 1.165) is 19.3 Å². The lowest BCUT2D eigenvalue weighted by Gasteiger charge is -2.27. The normalized spacial score (nSPS) is 22.4. The molecule has 7 nitrogen and oxygen atoms in total. The molecular formula is C13H19N3O4. The summed E-state index contributed by atoms with van der Waals surface area (Å²) in [4.78, 5) is 22.7. The molecule has 2 atom stereocenters. The summed E-state index contributed by atoms with van der Waals surface area (Å²) in [6.45, 7) is 1.90. The summed E-state index contributed by atoms with van der Waals surface area (Å²) < 4.78 is 4.89. The van der Waals surface area contributed by atoms with Crippen LogP contribution < -0.4 is 10.6 Å². The summed E-state index contributed by atoms with van der Waals surface area (Å²) in [6.07, 6.45) is 3.07. The molecule has 2 rings (SSSR count). The van der Waals surface area contributed by atoms with E-state index in [4.69, 9.17) is 9.63 Å². The Labute approximate surface area is 116 Å². The number of amides is 1. The van der Waals surface area contributed by atoms with Gasteiger partial charge < -0.3 is 14.9 Å². The van der Waals surface area contributed by atoms with Gasteiger partial charge in [0.1, 0.15) is 0 Å². The first-order valence-electron chi connectivity index (χ1n) is 6.74. The van der Waals surface area contributed by atoms with Crippen LogP contribution in [0.5, 0.6) is 0 Å². The first-order valence-corrected chi connectivity index (χ1v) is 6.74. The van der Waals surface area contributed by atoms with Gasteiger partial charge in [-0.25, -0.2) is 0 Å². The Kier molecular flexibility index (Phi) is 4.73. The van der Waals surface area contributed by atoms with Crippen LogP contribution in [0.1, 0.15) is 31.4 Å². The summed E-state index contributed by atoms with van der Waals surface area (Å²) in [5.74, 6) is -0.959. The molecule has 1 aromatic rings. The van der Waals surface area contributed by atoms with E-state index >= 15 is 0 Å². The van der Waals surface area contributed by atoms with Crippen molar-refractivity contribution in [3.63, 3.8) is 0 Å². The number of nitrogens with zero attached hydrogens (tertiary/aromatic N) is 1. The molecule has 0 saturated heterocycles. The molecule has 0 radical (unpaired) electrons. The lowest BCUT2D eigenvalue weighted by atomic mass is 9.86. The molecule has 1 fully saturated rings. The van der Waals surface area contributed by atoms with E-state index in [2.05, 4.69) is 15.8 Å². The van der Waals surface area contributed by atoms with Crippen LogP contribution >= 0.6 is 0 Å². The Morgan fingerprint density at radius 2 is 2.30 bits per heavy atom. The molecule has 0 aliphatic heterocycles. The molecular weight excluding hydrogens is 262 g/mol. The van der Waals surface area contributed by atoms with Crippen LogP contribution in [0, 0.1) is 12.8 Å². The van der Waals surface area contributed by atoms with Crippen molar-refractivity contribution in [1.29, 1.82) is 0 Å². The van der Waals surface area contributed by atoms with Gasteiger partial charge in [-0.3, -0.25) is 14.9 Å². The van der Waals surface area contributed by atoms with E-state index in [1.165, 1.54) is 0 Å². The topological polar surface area (TPSA) is 104 Å². The number of carboxylic acids is 1. The summed E-state index contributed by atoms with van der Waals surface area (Å²) in [5, 5.41) is 18.4. The van der Waals surface area contributed by atoms with Gasteiger partial charge in [-0.2, -0.15) is 0 Å². The predicted molar refractivity (Wildman–Crippen MR) is 71.3 cm³/mol. The zero-order valence-electron chi connectivity index (χ0n) is 11.4. The van der Waals surface area contributed by atoms with E-state index in [0.29, 0.717) is 18.0 Å². The van der Waals surface area contributed by atoms with E-state index in [1.54, 1.807) is 13.0 Å². The monoisotopic (exact) mass is 281 g/mol. The van der Waals surface area contributed by atoms with Gasteiger partial charge in [-0.05, 0) is 26.2 Å². The van der Waals surface area contributed by atoms with Crippen LogP contribution in [-0.4, -0.2) is 34.7 Å². The number of aliphatic carboxylic acids is 1. The van der Waals surface area contributed by atoms with Gasteiger partial charge in [0.25, 0.3) is 0 Å². The molecule has 20 heavy (non-hydrogen) atoms. The molecule has 110 valence electrons. The minimum absolute atomic E-state index is 0.0760. The first kappa shape index (κ1) is 14.5. The van der Waals surface area contributed by atoms with E-state index in [-0.39, 0.29) is 24.4 Å². The second-order valence-corrected chi connectivity index (χ2v) is 5.16. The van der Waals surface area contributed by atoms with Crippen LogP contribution in [0.15, 0.2) is 10.6 Å². The number of carboxylic acid groups (broad SMARTS) is 1. The number of aromatic nitrogens is 1. The largest absolute Gasteiger partial charge is 0.481 e. The standard InChI is InChI=1S/C13H19N3O4/c1-8-5-12(20-16-8)15-11(17)7-14-10-4-2-3-9(6-10)13(18)19/h5,9-10,14H,2-4,6-7H2,1H3,(H,15,17)(H,18,19). The average Bonchev–Trinajstić information content (AvgIpc) is 2.82. The fourth-order valence-electron chi connectivity index (χ4n) is 2.44. The molecule has 1 aliphatic carbocycles. The zero-order chi connectivity index (χ0) is 14.5. The number of carbonyl (C=O) groups excluding carboxylic acids is 1. The van der Waals surface area contributed by atoms with Gasteiger partial charge in [0.05, 0.1) is 18.2 Å². The van der Waals surface area contributed by atoms with Gasteiger partial charge in [0, 0.05) is 12.1 Å². The van der Waals surface area contributed by atoms with Gasteiger partial charge in [0.2, 0.25) is 11.8 Å². The van der Waals surface area contributed by atoms with Crippen molar-refractivity contribution >= 4 is 17.8 Å². The third kappa shape index (κ3) is 4.06. The highest BCUT2D eigenvalue weighted by Gasteiger charge is 2.26. The Morgan fingerprint density at radius 3 is 2.95 bits per heavy atom. The van der Waals surface area contributed by atoms with E-state index in [1.807, 2.05) is 0 Å². The Morgan fingerprint density at radius 1 is 1.50 bits per heavy atom. The summed E-state index contributed by atoms with van der Waals surface area (Å²) in [6, 6.07) is 1.71. The molecule has 1 heterocycles. The average molecular weight is 281 g/mol. The molecule has 0 bridgehead atoms. The zero-order valence-corrected chi connectivity index (χ0v) is 11.4. The maximum absolute atomic E-state index is 11.7. The summed E-state index contributed by atoms with van der Waals surface area (Å²) in [7, 11) is 0. The van der Waals surface area contributed by atoms with Crippen molar-refractivity contribution in [3.05, 3.63) is 11.8 Å². The minimum Gasteiger partial charge on any atom is -0.481 e. The Hall–Kier alpha value is -1.89. The van der Waals surface area contributed by atoms with Crippen molar-refractivity contribution in [3.8, 4) is 0 Å². The van der Waals surface area contributed by atoms with Gasteiger partial charge in [-0.15, -0.1) is 0 Å². The molecule has 1 aromatic heterocycles. The number of rotatable bonds is 5. The fraction of sp³-hybridized carbons (Fsp3) is 0.615. The van der Waals surface area contributed by atoms with E-state index < -0.39 is 5.97 Å². The molecule has 1 saturated carbocycles. The van der Waals surface area contributed by atoms with Crippen LogP contribution in [0.4, 0.5) is 5.88 Å². The quantitative estimate of drug-likeness (QED) is 0.748. The maximum Gasteiger partial charge on any atom is 0.306 e.